The quantitative estimate of drug-likeness (QED) is 0.832. The summed E-state index contributed by atoms with van der Waals surface area (Å²) in [5.74, 6) is -0.526. The molecule has 2 aromatic carbocycles. The average Bonchev–Trinajstić information content (AvgIpc) is 2.56. The van der Waals surface area contributed by atoms with Crippen molar-refractivity contribution in [2.24, 2.45) is 0 Å². The van der Waals surface area contributed by atoms with Gasteiger partial charge in [-0.15, -0.1) is 0 Å². The fourth-order valence-corrected chi connectivity index (χ4v) is 3.20. The molecule has 0 saturated heterocycles. The lowest BCUT2D eigenvalue weighted by atomic mass is 10.2. The second-order valence-electron chi connectivity index (χ2n) is 5.28. The van der Waals surface area contributed by atoms with Crippen molar-refractivity contribution in [2.75, 3.05) is 13.1 Å². The van der Waals surface area contributed by atoms with Gasteiger partial charge in [0.1, 0.15) is 5.82 Å². The van der Waals surface area contributed by atoms with Crippen LogP contribution in [0, 0.1) is 5.82 Å². The number of carbonyl (C=O) groups is 1. The highest BCUT2D eigenvalue weighted by Gasteiger charge is 2.15. The van der Waals surface area contributed by atoms with Crippen molar-refractivity contribution < 1.29 is 17.6 Å². The van der Waals surface area contributed by atoms with Gasteiger partial charge in [-0.25, -0.2) is 17.5 Å². The number of halogens is 1. The van der Waals surface area contributed by atoms with Crippen LogP contribution in [0.4, 0.5) is 4.39 Å². The molecule has 0 aromatic heterocycles. The molecule has 2 rings (SSSR count). The molecule has 2 aromatic rings. The molecule has 1 amide bonds. The van der Waals surface area contributed by atoms with E-state index in [4.69, 9.17) is 0 Å². The molecule has 7 heteroatoms. The third-order valence-electron chi connectivity index (χ3n) is 3.46. The molecule has 1 N–H and O–H groups in total. The topological polar surface area (TPSA) is 66.5 Å². The van der Waals surface area contributed by atoms with Gasteiger partial charge in [0.05, 0.1) is 4.90 Å². The van der Waals surface area contributed by atoms with Crippen molar-refractivity contribution in [3.05, 3.63) is 66.0 Å². The van der Waals surface area contributed by atoms with Crippen LogP contribution in [0.15, 0.2) is 59.5 Å². The fraction of sp³-hybridized carbons (Fsp3) is 0.235. The summed E-state index contributed by atoms with van der Waals surface area (Å²) in [5.41, 5.74) is 0.775. The Morgan fingerprint density at radius 1 is 1.08 bits per heavy atom. The van der Waals surface area contributed by atoms with Crippen LogP contribution in [0.3, 0.4) is 0 Å². The van der Waals surface area contributed by atoms with Gasteiger partial charge in [0.25, 0.3) is 0 Å². The van der Waals surface area contributed by atoms with E-state index in [0.29, 0.717) is 6.54 Å². The third-order valence-corrected chi connectivity index (χ3v) is 4.94. The summed E-state index contributed by atoms with van der Waals surface area (Å²) in [6.45, 7) is 2.02. The monoisotopic (exact) mass is 350 g/mol. The molecule has 0 aliphatic rings. The third kappa shape index (κ3) is 5.14. The fourth-order valence-electron chi connectivity index (χ4n) is 2.16. The standard InChI is InChI=1S/C17H19FN2O3S/c1-14(21)20(13-15-7-9-16(18)10-8-15)12-11-19-24(22,23)17-5-3-2-4-6-17/h2-10,19H,11-13H2,1H3. The second kappa shape index (κ2) is 8.03. The van der Waals surface area contributed by atoms with Crippen molar-refractivity contribution in [3.63, 3.8) is 0 Å². The largest absolute Gasteiger partial charge is 0.337 e. The van der Waals surface area contributed by atoms with Gasteiger partial charge in [0, 0.05) is 26.6 Å². The second-order valence-corrected chi connectivity index (χ2v) is 7.04. The zero-order valence-corrected chi connectivity index (χ0v) is 14.1. The normalized spacial score (nSPS) is 11.2. The molecule has 0 saturated carbocycles. The lowest BCUT2D eigenvalue weighted by Gasteiger charge is -2.21. The van der Waals surface area contributed by atoms with Gasteiger partial charge in [-0.2, -0.15) is 0 Å². The molecule has 0 fully saturated rings. The molecule has 0 spiro atoms. The Kier molecular flexibility index (Phi) is 6.05. The van der Waals surface area contributed by atoms with Gasteiger partial charge in [0.15, 0.2) is 0 Å². The number of sulfonamides is 1. The van der Waals surface area contributed by atoms with Crippen LogP contribution in [0.25, 0.3) is 0 Å². The summed E-state index contributed by atoms with van der Waals surface area (Å²) in [6.07, 6.45) is 0. The molecule has 0 aliphatic carbocycles. The van der Waals surface area contributed by atoms with E-state index in [1.54, 1.807) is 30.3 Å². The highest BCUT2D eigenvalue weighted by atomic mass is 32.2. The predicted molar refractivity (Wildman–Crippen MR) is 89.1 cm³/mol. The summed E-state index contributed by atoms with van der Waals surface area (Å²) in [6, 6.07) is 13.9. The van der Waals surface area contributed by atoms with Crippen LogP contribution in [0.1, 0.15) is 12.5 Å². The molecule has 0 aliphatic heterocycles. The molecule has 24 heavy (non-hydrogen) atoms. The predicted octanol–water partition coefficient (Wildman–Crippen LogP) is 2.15. The van der Waals surface area contributed by atoms with Gasteiger partial charge < -0.3 is 4.90 Å². The number of amides is 1. The zero-order chi connectivity index (χ0) is 17.6. The smallest absolute Gasteiger partial charge is 0.240 e. The van der Waals surface area contributed by atoms with Crippen molar-refractivity contribution in [3.8, 4) is 0 Å². The van der Waals surface area contributed by atoms with Gasteiger partial charge in [-0.05, 0) is 29.8 Å². The Morgan fingerprint density at radius 3 is 2.29 bits per heavy atom. The SMILES string of the molecule is CC(=O)N(CCNS(=O)(=O)c1ccccc1)Cc1ccc(F)cc1. The highest BCUT2D eigenvalue weighted by molar-refractivity contribution is 7.89. The minimum absolute atomic E-state index is 0.0952. The van der Waals surface area contributed by atoms with Crippen LogP contribution in [-0.2, 0) is 21.4 Å². The van der Waals surface area contributed by atoms with E-state index in [-0.39, 0.29) is 29.7 Å². The first-order chi connectivity index (χ1) is 11.4. The molecular formula is C17H19FN2O3S. The van der Waals surface area contributed by atoms with Crippen LogP contribution in [0.5, 0.6) is 0 Å². The molecule has 0 radical (unpaired) electrons. The number of carbonyl (C=O) groups excluding carboxylic acids is 1. The molecule has 0 unspecified atom stereocenters. The van der Waals surface area contributed by atoms with E-state index in [0.717, 1.165) is 5.56 Å². The number of rotatable bonds is 7. The number of nitrogens with one attached hydrogen (secondary N) is 1. The molecule has 128 valence electrons. The lowest BCUT2D eigenvalue weighted by molar-refractivity contribution is -0.129. The van der Waals surface area contributed by atoms with Crippen LogP contribution >= 0.6 is 0 Å². The number of hydrogen-bond donors (Lipinski definition) is 1. The van der Waals surface area contributed by atoms with Crippen LogP contribution < -0.4 is 4.72 Å². The maximum Gasteiger partial charge on any atom is 0.240 e. The summed E-state index contributed by atoms with van der Waals surface area (Å²) in [5, 5.41) is 0. The maximum absolute atomic E-state index is 12.9. The van der Waals surface area contributed by atoms with Crippen LogP contribution in [-0.4, -0.2) is 32.3 Å². The van der Waals surface area contributed by atoms with E-state index in [2.05, 4.69) is 4.72 Å². The van der Waals surface area contributed by atoms with Gasteiger partial charge >= 0.3 is 0 Å². The van der Waals surface area contributed by atoms with Crippen LogP contribution in [0.2, 0.25) is 0 Å². The van der Waals surface area contributed by atoms with Gasteiger partial charge in [-0.1, -0.05) is 30.3 Å². The van der Waals surface area contributed by atoms with E-state index in [1.807, 2.05) is 0 Å². The first-order valence-corrected chi connectivity index (χ1v) is 8.91. The van der Waals surface area contributed by atoms with Crippen molar-refractivity contribution in [1.29, 1.82) is 0 Å². The molecule has 0 bridgehead atoms. The van der Waals surface area contributed by atoms with E-state index < -0.39 is 10.0 Å². The van der Waals surface area contributed by atoms with E-state index in [1.165, 1.54) is 36.1 Å². The maximum atomic E-state index is 12.9. The summed E-state index contributed by atoms with van der Waals surface area (Å²) in [4.78, 5) is 13.4. The lowest BCUT2D eigenvalue weighted by Crippen LogP contribution is -2.37. The summed E-state index contributed by atoms with van der Waals surface area (Å²) >= 11 is 0. The minimum Gasteiger partial charge on any atom is -0.337 e. The van der Waals surface area contributed by atoms with Crippen molar-refractivity contribution in [2.45, 2.75) is 18.4 Å². The number of hydrogen-bond acceptors (Lipinski definition) is 3. The first kappa shape index (κ1) is 18.1. The Balaban J connectivity index is 1.94. The first-order valence-electron chi connectivity index (χ1n) is 7.43. The average molecular weight is 350 g/mol. The van der Waals surface area contributed by atoms with E-state index in [9.17, 15) is 17.6 Å². The Labute approximate surface area is 141 Å². The molecule has 0 atom stereocenters. The summed E-state index contributed by atoms with van der Waals surface area (Å²) in [7, 11) is -3.60. The Hall–Kier alpha value is -2.25. The number of nitrogens with zero attached hydrogens (tertiary/aromatic N) is 1. The van der Waals surface area contributed by atoms with Crippen molar-refractivity contribution >= 4 is 15.9 Å². The van der Waals surface area contributed by atoms with Gasteiger partial charge in [-0.3, -0.25) is 4.79 Å². The minimum atomic E-state index is -3.60. The number of benzene rings is 2. The van der Waals surface area contributed by atoms with Gasteiger partial charge in [0.2, 0.25) is 15.9 Å². The summed E-state index contributed by atoms with van der Waals surface area (Å²) < 4.78 is 39.6. The Bertz CT molecular complexity index is 777. The molecular weight excluding hydrogens is 331 g/mol. The molecule has 0 heterocycles. The molecule has 5 nitrogen and oxygen atoms in total. The van der Waals surface area contributed by atoms with E-state index >= 15 is 0 Å². The Morgan fingerprint density at radius 2 is 1.71 bits per heavy atom. The highest BCUT2D eigenvalue weighted by Crippen LogP contribution is 2.08. The zero-order valence-electron chi connectivity index (χ0n) is 13.3. The van der Waals surface area contributed by atoms with Crippen molar-refractivity contribution in [1.82, 2.24) is 9.62 Å².